The van der Waals surface area contributed by atoms with Gasteiger partial charge in [0.1, 0.15) is 0 Å². The minimum absolute atomic E-state index is 0.219. The van der Waals surface area contributed by atoms with E-state index >= 15 is 0 Å². The Balaban J connectivity index is 3.37. The van der Waals surface area contributed by atoms with Crippen LogP contribution in [0, 0.1) is 0 Å². The van der Waals surface area contributed by atoms with Crippen LogP contribution in [-0.2, 0) is 14.3 Å². The molecule has 0 aliphatic carbocycles. The number of ether oxygens (including phenoxy) is 2. The summed E-state index contributed by atoms with van der Waals surface area (Å²) in [5.41, 5.74) is -0.712. The number of unbranched alkanes of at least 4 members (excludes halogenated alkanes) is 1. The number of hydrogen-bond acceptors (Lipinski definition) is 7. The van der Waals surface area contributed by atoms with E-state index < -0.39 is 11.7 Å². The normalized spacial score (nSPS) is 14.5. The van der Waals surface area contributed by atoms with Crippen LogP contribution in [0.15, 0.2) is 0 Å². The minimum Gasteiger partial charge on any atom is -0.434 e. The van der Waals surface area contributed by atoms with Gasteiger partial charge in [0, 0.05) is 0 Å². The highest BCUT2D eigenvalue weighted by Crippen LogP contribution is 2.06. The molecule has 8 heteroatoms. The summed E-state index contributed by atoms with van der Waals surface area (Å²) in [7, 11) is 0. The van der Waals surface area contributed by atoms with Crippen molar-refractivity contribution in [3.63, 3.8) is 0 Å². The van der Waals surface area contributed by atoms with Crippen LogP contribution < -0.4 is 0 Å². The van der Waals surface area contributed by atoms with Crippen LogP contribution in [0.4, 0.5) is 4.79 Å². The van der Waals surface area contributed by atoms with E-state index in [0.717, 1.165) is 0 Å². The Morgan fingerprint density at radius 2 is 2.00 bits per heavy atom. The van der Waals surface area contributed by atoms with E-state index in [4.69, 9.17) is 26.8 Å². The summed E-state index contributed by atoms with van der Waals surface area (Å²) in [6.07, 6.45) is 0.797. The summed E-state index contributed by atoms with van der Waals surface area (Å²) in [5.74, 6) is 0. The monoisotopic (exact) mass is 271 g/mol. The van der Waals surface area contributed by atoms with Crippen molar-refractivity contribution < 1.29 is 29.5 Å². The van der Waals surface area contributed by atoms with Crippen molar-refractivity contribution in [3.05, 3.63) is 0 Å². The molecule has 0 radical (unpaired) electrons. The molecule has 0 aliphatic heterocycles. The summed E-state index contributed by atoms with van der Waals surface area (Å²) in [6.45, 7) is 3.41. The molecule has 0 spiro atoms. The topological polar surface area (TPSA) is 88.5 Å². The van der Waals surface area contributed by atoms with Crippen molar-refractivity contribution in [2.24, 2.45) is 0 Å². The molecule has 17 heavy (non-hydrogen) atoms. The van der Waals surface area contributed by atoms with Crippen LogP contribution in [0.2, 0.25) is 0 Å². The van der Waals surface area contributed by atoms with E-state index in [2.05, 4.69) is 9.57 Å². The average molecular weight is 272 g/mol. The first-order chi connectivity index (χ1) is 7.91. The molecule has 7 nitrogen and oxygen atoms in total. The van der Waals surface area contributed by atoms with Gasteiger partial charge >= 0.3 is 6.16 Å². The SMILES string of the molecule is CC(Cl)OC(=O)OCCCC[C@@H](C)ON(O)O. The Morgan fingerprint density at radius 3 is 2.53 bits per heavy atom. The molecule has 0 fully saturated rings. The Hall–Kier alpha value is -0.600. The van der Waals surface area contributed by atoms with Gasteiger partial charge in [0.05, 0.1) is 18.1 Å². The predicted octanol–water partition coefficient (Wildman–Crippen LogP) is 2.30. The number of rotatable bonds is 8. The molecular formula is C9H18ClNO6. The van der Waals surface area contributed by atoms with E-state index in [9.17, 15) is 4.79 Å². The molecule has 0 rings (SSSR count). The smallest absolute Gasteiger partial charge is 0.434 e. The average Bonchev–Trinajstić information content (AvgIpc) is 2.14. The summed E-state index contributed by atoms with van der Waals surface area (Å²) >= 11 is 5.41. The van der Waals surface area contributed by atoms with Crippen molar-refractivity contribution in [2.75, 3.05) is 6.61 Å². The first-order valence-corrected chi connectivity index (χ1v) is 5.67. The maximum atomic E-state index is 10.9. The van der Waals surface area contributed by atoms with Gasteiger partial charge in [-0.3, -0.25) is 10.4 Å². The third-order valence-electron chi connectivity index (χ3n) is 1.76. The highest BCUT2D eigenvalue weighted by molar-refractivity contribution is 6.19. The molecular weight excluding hydrogens is 254 g/mol. The van der Waals surface area contributed by atoms with E-state index in [1.807, 2.05) is 0 Å². The van der Waals surface area contributed by atoms with Gasteiger partial charge in [-0.1, -0.05) is 11.6 Å². The minimum atomic E-state index is -0.798. The molecule has 0 aromatic carbocycles. The predicted molar refractivity (Wildman–Crippen MR) is 57.6 cm³/mol. The van der Waals surface area contributed by atoms with Crippen molar-refractivity contribution in [1.29, 1.82) is 0 Å². The van der Waals surface area contributed by atoms with Gasteiger partial charge in [-0.25, -0.2) is 9.63 Å². The number of hydrogen-bond donors (Lipinski definition) is 2. The fourth-order valence-electron chi connectivity index (χ4n) is 1.07. The lowest BCUT2D eigenvalue weighted by Crippen LogP contribution is -2.21. The molecule has 0 aromatic rings. The quantitative estimate of drug-likeness (QED) is 0.303. The van der Waals surface area contributed by atoms with Crippen LogP contribution in [0.3, 0.4) is 0 Å². The van der Waals surface area contributed by atoms with Crippen LogP contribution in [0.1, 0.15) is 33.1 Å². The Bertz CT molecular complexity index is 214. The van der Waals surface area contributed by atoms with E-state index in [1.165, 1.54) is 6.92 Å². The van der Waals surface area contributed by atoms with Gasteiger partial charge < -0.3 is 9.47 Å². The summed E-state index contributed by atoms with van der Waals surface area (Å²) < 4.78 is 9.26. The van der Waals surface area contributed by atoms with Crippen molar-refractivity contribution in [1.82, 2.24) is 5.39 Å². The fourth-order valence-corrected chi connectivity index (χ4v) is 1.14. The third-order valence-corrected chi connectivity index (χ3v) is 1.85. The first kappa shape index (κ1) is 16.4. The highest BCUT2D eigenvalue weighted by Gasteiger charge is 2.08. The first-order valence-electron chi connectivity index (χ1n) is 5.24. The zero-order valence-corrected chi connectivity index (χ0v) is 10.6. The van der Waals surface area contributed by atoms with Crippen LogP contribution in [-0.4, -0.2) is 40.2 Å². The fraction of sp³-hybridized carbons (Fsp3) is 0.889. The summed E-state index contributed by atoms with van der Waals surface area (Å²) in [6, 6.07) is 0. The zero-order valence-electron chi connectivity index (χ0n) is 9.84. The highest BCUT2D eigenvalue weighted by atomic mass is 35.5. The zero-order chi connectivity index (χ0) is 13.3. The number of carbonyl (C=O) groups excluding carboxylic acids is 1. The molecule has 102 valence electrons. The largest absolute Gasteiger partial charge is 0.509 e. The molecule has 0 saturated heterocycles. The van der Waals surface area contributed by atoms with Gasteiger partial charge in [-0.05, 0) is 33.1 Å². The summed E-state index contributed by atoms with van der Waals surface area (Å²) in [5, 5.41) is 16.4. The molecule has 2 N–H and O–H groups in total. The molecule has 0 bridgehead atoms. The number of carbonyl (C=O) groups is 1. The van der Waals surface area contributed by atoms with E-state index in [0.29, 0.717) is 19.3 Å². The second-order valence-electron chi connectivity index (χ2n) is 3.42. The lowest BCUT2D eigenvalue weighted by molar-refractivity contribution is -0.503. The third kappa shape index (κ3) is 11.7. The Morgan fingerprint density at radius 1 is 1.35 bits per heavy atom. The van der Waals surface area contributed by atoms with Crippen molar-refractivity contribution in [3.8, 4) is 0 Å². The summed E-state index contributed by atoms with van der Waals surface area (Å²) in [4.78, 5) is 15.4. The number of alkyl halides is 1. The van der Waals surface area contributed by atoms with Crippen molar-refractivity contribution in [2.45, 2.75) is 44.8 Å². The van der Waals surface area contributed by atoms with Gasteiger partial charge in [0.15, 0.2) is 5.56 Å². The van der Waals surface area contributed by atoms with Crippen molar-refractivity contribution >= 4 is 17.8 Å². The lowest BCUT2D eigenvalue weighted by Gasteiger charge is -2.13. The Kier molecular flexibility index (Phi) is 9.10. The van der Waals surface area contributed by atoms with Gasteiger partial charge in [-0.15, -0.1) is 0 Å². The maximum Gasteiger partial charge on any atom is 0.509 e. The Labute approximate surface area is 105 Å². The van der Waals surface area contributed by atoms with E-state index in [1.54, 1.807) is 6.92 Å². The van der Waals surface area contributed by atoms with Crippen LogP contribution in [0.5, 0.6) is 0 Å². The molecule has 0 heterocycles. The molecule has 0 aliphatic rings. The van der Waals surface area contributed by atoms with Gasteiger partial charge in [-0.2, -0.15) is 0 Å². The van der Waals surface area contributed by atoms with Crippen LogP contribution in [0.25, 0.3) is 0 Å². The van der Waals surface area contributed by atoms with Gasteiger partial charge in [0.2, 0.25) is 0 Å². The number of halogens is 1. The standard InChI is InChI=1S/C9H18ClNO6/c1-7(17-11(13)14)5-3-4-6-15-9(12)16-8(2)10/h7-8,13-14H,3-6H2,1-2H3/t7-,8?/m1/s1. The molecule has 0 aromatic heterocycles. The number of nitrogens with zero attached hydrogens (tertiary/aromatic N) is 1. The lowest BCUT2D eigenvalue weighted by atomic mass is 10.2. The second kappa shape index (κ2) is 9.43. The van der Waals surface area contributed by atoms with E-state index in [-0.39, 0.29) is 18.1 Å². The second-order valence-corrected chi connectivity index (χ2v) is 4.04. The molecule has 0 amide bonds. The van der Waals surface area contributed by atoms with Gasteiger partial charge in [0.25, 0.3) is 0 Å². The molecule has 0 saturated carbocycles. The van der Waals surface area contributed by atoms with Crippen LogP contribution >= 0.6 is 11.6 Å². The maximum absolute atomic E-state index is 10.9. The molecule has 1 unspecified atom stereocenters. The molecule has 2 atom stereocenters.